The summed E-state index contributed by atoms with van der Waals surface area (Å²) in [5, 5.41) is 20.3. The van der Waals surface area contributed by atoms with E-state index >= 15 is 0 Å². The van der Waals surface area contributed by atoms with Gasteiger partial charge in [0.25, 0.3) is 0 Å². The van der Waals surface area contributed by atoms with Crippen LogP contribution in [0.15, 0.2) is 28.0 Å². The second-order valence-corrected chi connectivity index (χ2v) is 8.57. The Morgan fingerprint density at radius 3 is 2.88 bits per heavy atom. The van der Waals surface area contributed by atoms with E-state index in [1.165, 1.54) is 6.07 Å². The van der Waals surface area contributed by atoms with Gasteiger partial charge in [0.05, 0.1) is 11.5 Å². The minimum absolute atomic E-state index is 0.0522. The molecule has 2 aromatic rings. The first-order valence-corrected chi connectivity index (χ1v) is 9.68. The molecular formula is C16H18FN3O4S. The standard InChI is InChI=1S/C16H18FN3O4S/c1-10-6-11(2-3-13(10)17)7-14(18-21)16-15(19-24-20-16)8-12-4-5-25(22,23)9-12/h2-3,6,12,21H,4-5,7-9H2,1H3. The molecule has 1 aliphatic rings. The van der Waals surface area contributed by atoms with Crippen molar-refractivity contribution >= 4 is 15.5 Å². The third kappa shape index (κ3) is 4.04. The van der Waals surface area contributed by atoms with Gasteiger partial charge in [-0.2, -0.15) is 0 Å². The number of oxime groups is 1. The molecule has 25 heavy (non-hydrogen) atoms. The first-order chi connectivity index (χ1) is 11.9. The van der Waals surface area contributed by atoms with E-state index in [1.54, 1.807) is 19.1 Å². The van der Waals surface area contributed by atoms with E-state index in [-0.39, 0.29) is 35.4 Å². The molecule has 0 bridgehead atoms. The monoisotopic (exact) mass is 367 g/mol. The summed E-state index contributed by atoms with van der Waals surface area (Å²) in [5.74, 6) is -0.0722. The van der Waals surface area contributed by atoms with Crippen molar-refractivity contribution in [3.05, 3.63) is 46.5 Å². The summed E-state index contributed by atoms with van der Waals surface area (Å²) in [6.07, 6.45) is 1.18. The zero-order chi connectivity index (χ0) is 18.0. The van der Waals surface area contributed by atoms with E-state index in [9.17, 15) is 18.0 Å². The van der Waals surface area contributed by atoms with Crippen molar-refractivity contribution in [3.8, 4) is 0 Å². The van der Waals surface area contributed by atoms with Crippen LogP contribution >= 0.6 is 0 Å². The van der Waals surface area contributed by atoms with Gasteiger partial charge in [0.15, 0.2) is 15.5 Å². The van der Waals surface area contributed by atoms with Crippen molar-refractivity contribution in [1.29, 1.82) is 0 Å². The Morgan fingerprint density at radius 2 is 2.24 bits per heavy atom. The van der Waals surface area contributed by atoms with Crippen molar-refractivity contribution in [2.24, 2.45) is 11.1 Å². The minimum Gasteiger partial charge on any atom is -0.411 e. The number of sulfone groups is 1. The lowest BCUT2D eigenvalue weighted by Gasteiger charge is -2.07. The van der Waals surface area contributed by atoms with Crippen LogP contribution in [0.25, 0.3) is 0 Å². The fourth-order valence-corrected chi connectivity index (χ4v) is 4.90. The molecule has 0 aliphatic carbocycles. The lowest BCUT2D eigenvalue weighted by Crippen LogP contribution is -2.13. The van der Waals surface area contributed by atoms with Gasteiger partial charge in [-0.3, -0.25) is 0 Å². The summed E-state index contributed by atoms with van der Waals surface area (Å²) in [6.45, 7) is 1.65. The molecule has 1 fully saturated rings. The number of rotatable bonds is 5. The zero-order valence-corrected chi connectivity index (χ0v) is 14.5. The van der Waals surface area contributed by atoms with Crippen LogP contribution in [0.4, 0.5) is 4.39 Å². The van der Waals surface area contributed by atoms with Crippen LogP contribution in [0, 0.1) is 18.7 Å². The maximum atomic E-state index is 13.4. The van der Waals surface area contributed by atoms with Crippen molar-refractivity contribution in [2.45, 2.75) is 26.2 Å². The van der Waals surface area contributed by atoms with E-state index in [0.717, 1.165) is 5.56 Å². The quantitative estimate of drug-likeness (QED) is 0.492. The van der Waals surface area contributed by atoms with Gasteiger partial charge in [-0.1, -0.05) is 22.4 Å². The highest BCUT2D eigenvalue weighted by molar-refractivity contribution is 7.91. The van der Waals surface area contributed by atoms with Crippen LogP contribution < -0.4 is 0 Å². The van der Waals surface area contributed by atoms with Gasteiger partial charge in [0, 0.05) is 6.42 Å². The Labute approximate surface area is 144 Å². The predicted octanol–water partition coefficient (Wildman–Crippen LogP) is 1.92. The normalized spacial score (nSPS) is 20.1. The van der Waals surface area contributed by atoms with Gasteiger partial charge >= 0.3 is 0 Å². The molecule has 1 aliphatic heterocycles. The van der Waals surface area contributed by atoms with Crippen LogP contribution in [0.3, 0.4) is 0 Å². The Balaban J connectivity index is 1.78. The van der Waals surface area contributed by atoms with Gasteiger partial charge in [-0.05, 0) is 48.0 Å². The van der Waals surface area contributed by atoms with E-state index in [0.29, 0.717) is 29.8 Å². The number of halogens is 1. The summed E-state index contributed by atoms with van der Waals surface area (Å²) in [5.41, 5.74) is 2.25. The number of hydrogen-bond donors (Lipinski definition) is 1. The lowest BCUT2D eigenvalue weighted by molar-refractivity contribution is 0.299. The van der Waals surface area contributed by atoms with E-state index in [4.69, 9.17) is 4.63 Å². The number of aromatic nitrogens is 2. The highest BCUT2D eigenvalue weighted by Gasteiger charge is 2.30. The largest absolute Gasteiger partial charge is 0.411 e. The maximum absolute atomic E-state index is 13.4. The Morgan fingerprint density at radius 1 is 1.44 bits per heavy atom. The molecule has 0 radical (unpaired) electrons. The van der Waals surface area contributed by atoms with Crippen LogP contribution in [-0.4, -0.2) is 41.2 Å². The molecule has 0 saturated carbocycles. The Kier molecular flexibility index (Phi) is 4.85. The maximum Gasteiger partial charge on any atom is 0.156 e. The predicted molar refractivity (Wildman–Crippen MR) is 87.9 cm³/mol. The molecule has 1 atom stereocenters. The van der Waals surface area contributed by atoms with Gasteiger partial charge in [-0.25, -0.2) is 17.4 Å². The number of aryl methyl sites for hydroxylation is 1. The van der Waals surface area contributed by atoms with Gasteiger partial charge in [-0.15, -0.1) is 0 Å². The molecule has 3 rings (SSSR count). The topological polar surface area (TPSA) is 106 Å². The minimum atomic E-state index is -2.99. The molecule has 0 amide bonds. The van der Waals surface area contributed by atoms with Crippen molar-refractivity contribution < 1.29 is 22.6 Å². The number of hydrogen-bond acceptors (Lipinski definition) is 7. The molecule has 9 heteroatoms. The van der Waals surface area contributed by atoms with Gasteiger partial charge in [0.1, 0.15) is 17.2 Å². The first-order valence-electron chi connectivity index (χ1n) is 7.86. The van der Waals surface area contributed by atoms with Crippen LogP contribution in [0.5, 0.6) is 0 Å². The average Bonchev–Trinajstić information content (AvgIpc) is 3.15. The SMILES string of the molecule is Cc1cc(CC(=NO)c2nonc2CC2CCS(=O)(=O)C2)ccc1F. The third-order valence-corrected chi connectivity index (χ3v) is 6.19. The number of nitrogens with zero attached hydrogens (tertiary/aromatic N) is 3. The first kappa shape index (κ1) is 17.5. The highest BCUT2D eigenvalue weighted by Crippen LogP contribution is 2.23. The summed E-state index contributed by atoms with van der Waals surface area (Å²) in [6, 6.07) is 4.62. The summed E-state index contributed by atoms with van der Waals surface area (Å²) >= 11 is 0. The van der Waals surface area contributed by atoms with E-state index in [1.807, 2.05) is 0 Å². The van der Waals surface area contributed by atoms with Crippen molar-refractivity contribution in [2.75, 3.05) is 11.5 Å². The second-order valence-electron chi connectivity index (χ2n) is 6.34. The fourth-order valence-electron chi connectivity index (χ4n) is 3.04. The van der Waals surface area contributed by atoms with Crippen LogP contribution in [0.1, 0.15) is 28.9 Å². The second kappa shape index (κ2) is 6.91. The molecule has 7 nitrogen and oxygen atoms in total. The molecule has 0 spiro atoms. The third-order valence-electron chi connectivity index (χ3n) is 4.35. The fraction of sp³-hybridized carbons (Fsp3) is 0.438. The summed E-state index contributed by atoms with van der Waals surface area (Å²) in [7, 11) is -2.99. The Bertz CT molecular complexity index is 908. The average molecular weight is 367 g/mol. The molecule has 2 heterocycles. The van der Waals surface area contributed by atoms with Crippen LogP contribution in [-0.2, 0) is 22.7 Å². The number of benzene rings is 1. The van der Waals surface area contributed by atoms with Crippen LogP contribution in [0.2, 0.25) is 0 Å². The van der Waals surface area contributed by atoms with Gasteiger partial charge in [0.2, 0.25) is 0 Å². The molecule has 1 aromatic carbocycles. The smallest absolute Gasteiger partial charge is 0.156 e. The highest BCUT2D eigenvalue weighted by atomic mass is 32.2. The molecule has 134 valence electrons. The molecule has 1 unspecified atom stereocenters. The lowest BCUT2D eigenvalue weighted by atomic mass is 9.98. The zero-order valence-electron chi connectivity index (χ0n) is 13.6. The van der Waals surface area contributed by atoms with Crippen molar-refractivity contribution in [3.63, 3.8) is 0 Å². The molecular weight excluding hydrogens is 349 g/mol. The van der Waals surface area contributed by atoms with E-state index < -0.39 is 9.84 Å². The molecule has 1 aromatic heterocycles. The van der Waals surface area contributed by atoms with Gasteiger partial charge < -0.3 is 5.21 Å². The summed E-state index contributed by atoms with van der Waals surface area (Å²) in [4.78, 5) is 0. The van der Waals surface area contributed by atoms with E-state index in [2.05, 4.69) is 15.5 Å². The Hall–Kier alpha value is -2.29. The van der Waals surface area contributed by atoms with Crippen molar-refractivity contribution in [1.82, 2.24) is 10.3 Å². The summed E-state index contributed by atoms with van der Waals surface area (Å²) < 4.78 is 41.3. The molecule has 1 saturated heterocycles. The molecule has 1 N–H and O–H groups in total.